The molecule has 0 aliphatic carbocycles. The molecule has 2 N–H and O–H groups in total. The van der Waals surface area contributed by atoms with Crippen molar-refractivity contribution < 1.29 is 29.3 Å². The number of hydrogen-bond acceptors (Lipinski definition) is 6. The van der Waals surface area contributed by atoms with E-state index < -0.39 is 18.2 Å². The van der Waals surface area contributed by atoms with E-state index in [1.54, 1.807) is 13.8 Å². The van der Waals surface area contributed by atoms with Crippen molar-refractivity contribution in [3.8, 4) is 5.75 Å². The monoisotopic (exact) mass is 508 g/mol. The number of aliphatic hydroxyl groups excluding tert-OH is 2. The highest BCUT2D eigenvalue weighted by molar-refractivity contribution is 5.94. The summed E-state index contributed by atoms with van der Waals surface area (Å²) >= 11 is 0. The van der Waals surface area contributed by atoms with Crippen LogP contribution < -0.4 is 4.74 Å². The van der Waals surface area contributed by atoms with Crippen LogP contribution in [-0.4, -0.2) is 47.4 Å². The largest absolute Gasteiger partial charge is 0.491 e. The van der Waals surface area contributed by atoms with Gasteiger partial charge in [-0.05, 0) is 67.5 Å². The summed E-state index contributed by atoms with van der Waals surface area (Å²) in [6, 6.07) is 16.1. The third kappa shape index (κ3) is 9.63. The van der Waals surface area contributed by atoms with Gasteiger partial charge in [0.2, 0.25) is 0 Å². The fraction of sp³-hybridized carbons (Fsp3) is 0.419. The van der Waals surface area contributed by atoms with Gasteiger partial charge in [-0.25, -0.2) is 4.79 Å². The van der Waals surface area contributed by atoms with E-state index in [2.05, 4.69) is 51.3 Å². The summed E-state index contributed by atoms with van der Waals surface area (Å²) in [6.07, 6.45) is 0.328. The lowest BCUT2D eigenvalue weighted by molar-refractivity contribution is -0.142. The molecule has 0 heterocycles. The van der Waals surface area contributed by atoms with Crippen LogP contribution in [0.4, 0.5) is 0 Å². The van der Waals surface area contributed by atoms with Gasteiger partial charge in [-0.15, -0.1) is 0 Å². The van der Waals surface area contributed by atoms with Crippen LogP contribution in [0.3, 0.4) is 0 Å². The summed E-state index contributed by atoms with van der Waals surface area (Å²) in [6.45, 7) is 14.8. The number of allylic oxidation sites excluding steroid dienone is 1. The molecule has 37 heavy (non-hydrogen) atoms. The van der Waals surface area contributed by atoms with E-state index in [0.29, 0.717) is 36.2 Å². The highest BCUT2D eigenvalue weighted by Crippen LogP contribution is 2.32. The van der Waals surface area contributed by atoms with Gasteiger partial charge in [-0.1, -0.05) is 63.4 Å². The molecule has 2 atom stereocenters. The zero-order valence-electron chi connectivity index (χ0n) is 22.5. The number of ether oxygens (including phenoxy) is 2. The number of ketones is 1. The van der Waals surface area contributed by atoms with Crippen LogP contribution >= 0.6 is 0 Å². The van der Waals surface area contributed by atoms with E-state index in [-0.39, 0.29) is 30.8 Å². The number of esters is 1. The second-order valence-corrected chi connectivity index (χ2v) is 10.1. The number of aliphatic hydroxyl groups is 2. The topological polar surface area (TPSA) is 93.1 Å². The zero-order chi connectivity index (χ0) is 27.6. The fourth-order valence-corrected chi connectivity index (χ4v) is 3.72. The lowest BCUT2D eigenvalue weighted by Crippen LogP contribution is -2.20. The molecule has 2 aromatic carbocycles. The van der Waals surface area contributed by atoms with Gasteiger partial charge in [-0.2, -0.15) is 0 Å². The van der Waals surface area contributed by atoms with Crippen LogP contribution in [-0.2, 0) is 26.2 Å². The van der Waals surface area contributed by atoms with Crippen molar-refractivity contribution in [3.63, 3.8) is 0 Å². The minimum absolute atomic E-state index is 0.0375. The number of aryl methyl sites for hydroxylation is 1. The van der Waals surface area contributed by atoms with E-state index in [1.807, 2.05) is 24.3 Å². The van der Waals surface area contributed by atoms with Crippen LogP contribution in [0.15, 0.2) is 72.8 Å². The summed E-state index contributed by atoms with van der Waals surface area (Å²) in [5.41, 5.74) is 3.94. The molecule has 2 rings (SSSR count). The van der Waals surface area contributed by atoms with Crippen molar-refractivity contribution in [1.29, 1.82) is 0 Å². The van der Waals surface area contributed by atoms with Gasteiger partial charge in [0.05, 0.1) is 12.2 Å². The fourth-order valence-electron chi connectivity index (χ4n) is 3.72. The van der Waals surface area contributed by atoms with Crippen molar-refractivity contribution in [2.75, 3.05) is 13.2 Å². The standard InChI is InChI=1S/C31H40O6/c1-21(2)29(34)18-15-27(33)19-36-28-16-12-25(13-17-28)31(5,6)24-10-7-23(8-11-24)9-14-26(32)20-37-30(35)22(3)4/h7-8,10-13,16-17,26-27,32-33H,1,3,9,14-15,18-20H2,2,4-6H3. The first-order valence-electron chi connectivity index (χ1n) is 12.6. The normalized spacial score (nSPS) is 12.9. The summed E-state index contributed by atoms with van der Waals surface area (Å²) in [7, 11) is 0. The Morgan fingerprint density at radius 2 is 1.38 bits per heavy atom. The number of hydrogen-bond donors (Lipinski definition) is 2. The maximum absolute atomic E-state index is 11.6. The molecule has 0 saturated heterocycles. The Morgan fingerprint density at radius 3 is 1.92 bits per heavy atom. The second kappa shape index (κ2) is 13.9. The molecule has 0 amide bonds. The molecule has 0 aromatic heterocycles. The highest BCUT2D eigenvalue weighted by Gasteiger charge is 2.23. The number of rotatable bonds is 15. The molecular formula is C31H40O6. The zero-order valence-corrected chi connectivity index (χ0v) is 22.5. The Hall–Kier alpha value is -3.22. The van der Waals surface area contributed by atoms with Crippen LogP contribution in [0.25, 0.3) is 0 Å². The quantitative estimate of drug-likeness (QED) is 0.257. The molecule has 0 spiro atoms. The van der Waals surface area contributed by atoms with E-state index in [0.717, 1.165) is 16.7 Å². The Kier molecular flexibility index (Phi) is 11.3. The molecule has 6 nitrogen and oxygen atoms in total. The van der Waals surface area contributed by atoms with E-state index >= 15 is 0 Å². The van der Waals surface area contributed by atoms with Crippen molar-refractivity contribution in [2.45, 2.75) is 71.0 Å². The Balaban J connectivity index is 1.88. The van der Waals surface area contributed by atoms with Gasteiger partial charge in [0.25, 0.3) is 0 Å². The molecule has 0 bridgehead atoms. The third-order valence-electron chi connectivity index (χ3n) is 6.40. The Bertz CT molecular complexity index is 980. The van der Waals surface area contributed by atoms with Crippen LogP contribution in [0.5, 0.6) is 5.75 Å². The molecule has 200 valence electrons. The number of carbonyl (C=O) groups is 2. The van der Waals surface area contributed by atoms with Crippen molar-refractivity contribution in [3.05, 3.63) is 89.5 Å². The molecule has 0 radical (unpaired) electrons. The van der Waals surface area contributed by atoms with Gasteiger partial charge in [0.15, 0.2) is 5.78 Å². The Labute approximate surface area is 220 Å². The molecule has 6 heteroatoms. The van der Waals surface area contributed by atoms with Gasteiger partial charge in [0.1, 0.15) is 19.0 Å². The number of carbonyl (C=O) groups excluding carboxylic acids is 2. The summed E-state index contributed by atoms with van der Waals surface area (Å²) < 4.78 is 10.7. The van der Waals surface area contributed by atoms with Gasteiger partial charge >= 0.3 is 5.97 Å². The minimum atomic E-state index is -0.722. The summed E-state index contributed by atoms with van der Waals surface area (Å²) in [5, 5.41) is 20.2. The van der Waals surface area contributed by atoms with Crippen LogP contribution in [0.1, 0.15) is 63.6 Å². The van der Waals surface area contributed by atoms with E-state index in [9.17, 15) is 19.8 Å². The first kappa shape index (κ1) is 30.0. The third-order valence-corrected chi connectivity index (χ3v) is 6.40. The molecule has 2 aromatic rings. The summed E-state index contributed by atoms with van der Waals surface area (Å²) in [5.74, 6) is 0.125. The van der Waals surface area contributed by atoms with Crippen LogP contribution in [0, 0.1) is 0 Å². The molecule has 0 aliphatic rings. The van der Waals surface area contributed by atoms with Gasteiger partial charge < -0.3 is 19.7 Å². The molecule has 2 unspecified atom stereocenters. The van der Waals surface area contributed by atoms with E-state index in [4.69, 9.17) is 9.47 Å². The smallest absolute Gasteiger partial charge is 0.333 e. The first-order valence-corrected chi connectivity index (χ1v) is 12.6. The van der Waals surface area contributed by atoms with Gasteiger partial charge in [0, 0.05) is 17.4 Å². The van der Waals surface area contributed by atoms with Crippen molar-refractivity contribution >= 4 is 11.8 Å². The maximum atomic E-state index is 11.6. The first-order chi connectivity index (χ1) is 17.4. The minimum Gasteiger partial charge on any atom is -0.491 e. The molecule has 0 saturated carbocycles. The Morgan fingerprint density at radius 1 is 0.838 bits per heavy atom. The molecular weight excluding hydrogens is 468 g/mol. The average Bonchev–Trinajstić information content (AvgIpc) is 2.88. The van der Waals surface area contributed by atoms with Gasteiger partial charge in [-0.3, -0.25) is 4.79 Å². The number of benzene rings is 2. The van der Waals surface area contributed by atoms with Crippen molar-refractivity contribution in [2.24, 2.45) is 0 Å². The SMILES string of the molecule is C=C(C)C(=O)CCC(O)COc1ccc(C(C)(C)c2ccc(CCC(O)COC(=O)C(=C)C)cc2)cc1. The van der Waals surface area contributed by atoms with Crippen molar-refractivity contribution in [1.82, 2.24) is 0 Å². The second-order valence-electron chi connectivity index (χ2n) is 10.1. The average molecular weight is 509 g/mol. The predicted octanol–water partition coefficient (Wildman–Crippen LogP) is 5.09. The number of Topliss-reactive ketones (excluding diaryl/α,β-unsaturated/α-hetero) is 1. The highest BCUT2D eigenvalue weighted by atomic mass is 16.5. The lowest BCUT2D eigenvalue weighted by Gasteiger charge is -2.26. The maximum Gasteiger partial charge on any atom is 0.333 e. The predicted molar refractivity (Wildman–Crippen MR) is 146 cm³/mol. The lowest BCUT2D eigenvalue weighted by atomic mass is 9.78. The molecule has 0 aliphatic heterocycles. The van der Waals surface area contributed by atoms with Crippen LogP contribution in [0.2, 0.25) is 0 Å². The molecule has 0 fully saturated rings. The summed E-state index contributed by atoms with van der Waals surface area (Å²) in [4.78, 5) is 23.1. The van der Waals surface area contributed by atoms with E-state index in [1.165, 1.54) is 0 Å².